The van der Waals surface area contributed by atoms with Gasteiger partial charge in [-0.2, -0.15) is 0 Å². The van der Waals surface area contributed by atoms with Gasteiger partial charge >= 0.3 is 11.9 Å². The van der Waals surface area contributed by atoms with Crippen LogP contribution in [-0.2, 0) is 14.3 Å². The SMILES string of the molecule is CC(C)(C)OC(=O)[C@@H](c1ccccc1)[C@H](N)C(=O)O. The molecule has 5 heteroatoms. The average molecular weight is 265 g/mol. The lowest BCUT2D eigenvalue weighted by Crippen LogP contribution is -2.42. The molecule has 0 radical (unpaired) electrons. The fourth-order valence-electron chi connectivity index (χ4n) is 1.66. The van der Waals surface area contributed by atoms with E-state index < -0.39 is 29.5 Å². The first kappa shape index (κ1) is 15.2. The Morgan fingerprint density at radius 2 is 1.74 bits per heavy atom. The monoisotopic (exact) mass is 265 g/mol. The summed E-state index contributed by atoms with van der Waals surface area (Å²) in [6.07, 6.45) is 0. The highest BCUT2D eigenvalue weighted by molar-refractivity contribution is 5.87. The molecule has 1 rings (SSSR count). The van der Waals surface area contributed by atoms with E-state index in [9.17, 15) is 9.59 Å². The summed E-state index contributed by atoms with van der Waals surface area (Å²) in [4.78, 5) is 23.2. The Balaban J connectivity index is 3.07. The summed E-state index contributed by atoms with van der Waals surface area (Å²) in [6.45, 7) is 5.16. The van der Waals surface area contributed by atoms with Crippen LogP contribution in [0.4, 0.5) is 0 Å². The zero-order valence-corrected chi connectivity index (χ0v) is 11.3. The van der Waals surface area contributed by atoms with Gasteiger partial charge in [-0.25, -0.2) is 0 Å². The van der Waals surface area contributed by atoms with Gasteiger partial charge in [0.15, 0.2) is 0 Å². The molecule has 19 heavy (non-hydrogen) atoms. The molecule has 1 aromatic carbocycles. The summed E-state index contributed by atoms with van der Waals surface area (Å²) in [6, 6.07) is 7.22. The molecule has 0 amide bonds. The van der Waals surface area contributed by atoms with Crippen LogP contribution in [-0.4, -0.2) is 28.7 Å². The molecule has 0 spiro atoms. The maximum atomic E-state index is 12.1. The van der Waals surface area contributed by atoms with E-state index in [0.29, 0.717) is 5.56 Å². The molecule has 0 aromatic heterocycles. The lowest BCUT2D eigenvalue weighted by atomic mass is 9.92. The number of carboxylic acid groups (broad SMARTS) is 1. The zero-order valence-electron chi connectivity index (χ0n) is 11.3. The number of hydrogen-bond donors (Lipinski definition) is 2. The second-order valence-electron chi connectivity index (χ2n) is 5.29. The number of aliphatic carboxylic acids is 1. The van der Waals surface area contributed by atoms with Crippen LogP contribution in [0.25, 0.3) is 0 Å². The van der Waals surface area contributed by atoms with E-state index in [1.807, 2.05) is 0 Å². The van der Waals surface area contributed by atoms with Crippen molar-refractivity contribution >= 4 is 11.9 Å². The highest BCUT2D eigenvalue weighted by Gasteiger charge is 2.35. The van der Waals surface area contributed by atoms with Crippen LogP contribution in [0.2, 0.25) is 0 Å². The van der Waals surface area contributed by atoms with E-state index in [2.05, 4.69) is 0 Å². The highest BCUT2D eigenvalue weighted by atomic mass is 16.6. The Morgan fingerprint density at radius 3 is 2.16 bits per heavy atom. The van der Waals surface area contributed by atoms with E-state index in [1.165, 1.54) is 0 Å². The second-order valence-corrected chi connectivity index (χ2v) is 5.29. The van der Waals surface area contributed by atoms with Crippen molar-refractivity contribution in [3.05, 3.63) is 35.9 Å². The maximum Gasteiger partial charge on any atom is 0.321 e. The topological polar surface area (TPSA) is 89.6 Å². The van der Waals surface area contributed by atoms with Gasteiger partial charge in [0.05, 0.1) is 0 Å². The number of rotatable bonds is 4. The van der Waals surface area contributed by atoms with Gasteiger partial charge < -0.3 is 15.6 Å². The zero-order chi connectivity index (χ0) is 14.6. The number of nitrogens with two attached hydrogens (primary N) is 1. The van der Waals surface area contributed by atoms with Crippen molar-refractivity contribution in [3.8, 4) is 0 Å². The van der Waals surface area contributed by atoms with Crippen molar-refractivity contribution in [2.75, 3.05) is 0 Å². The first-order valence-corrected chi connectivity index (χ1v) is 5.98. The van der Waals surface area contributed by atoms with E-state index in [1.54, 1.807) is 51.1 Å². The summed E-state index contributed by atoms with van der Waals surface area (Å²) in [5.41, 5.74) is 5.45. The minimum absolute atomic E-state index is 0.534. The molecule has 104 valence electrons. The lowest BCUT2D eigenvalue weighted by molar-refractivity contribution is -0.160. The first-order valence-electron chi connectivity index (χ1n) is 5.98. The molecule has 2 atom stereocenters. The minimum Gasteiger partial charge on any atom is -0.480 e. The summed E-state index contributed by atoms with van der Waals surface area (Å²) >= 11 is 0. The highest BCUT2D eigenvalue weighted by Crippen LogP contribution is 2.23. The lowest BCUT2D eigenvalue weighted by Gasteiger charge is -2.26. The predicted octanol–water partition coefficient (Wildman–Crippen LogP) is 1.52. The fourth-order valence-corrected chi connectivity index (χ4v) is 1.66. The number of hydrogen-bond acceptors (Lipinski definition) is 4. The second kappa shape index (κ2) is 5.84. The van der Waals surface area contributed by atoms with Gasteiger partial charge in [-0.05, 0) is 26.3 Å². The molecule has 0 fully saturated rings. The normalized spacial score (nSPS) is 14.5. The van der Waals surface area contributed by atoms with Crippen LogP contribution >= 0.6 is 0 Å². The van der Waals surface area contributed by atoms with Crippen LogP contribution in [0.3, 0.4) is 0 Å². The van der Waals surface area contributed by atoms with Crippen molar-refractivity contribution in [3.63, 3.8) is 0 Å². The van der Waals surface area contributed by atoms with Crippen LogP contribution in [0.15, 0.2) is 30.3 Å². The van der Waals surface area contributed by atoms with Gasteiger partial charge in [-0.15, -0.1) is 0 Å². The van der Waals surface area contributed by atoms with Gasteiger partial charge in [0.25, 0.3) is 0 Å². The molecule has 0 unspecified atom stereocenters. The number of benzene rings is 1. The Kier molecular flexibility index (Phi) is 4.67. The van der Waals surface area contributed by atoms with Crippen molar-refractivity contribution in [2.24, 2.45) is 5.73 Å². The average Bonchev–Trinajstić information content (AvgIpc) is 2.28. The molecule has 5 nitrogen and oxygen atoms in total. The molecular weight excluding hydrogens is 246 g/mol. The molecular formula is C14H19NO4. The van der Waals surface area contributed by atoms with Gasteiger partial charge in [-0.3, -0.25) is 9.59 Å². The quantitative estimate of drug-likeness (QED) is 0.806. The largest absolute Gasteiger partial charge is 0.480 e. The molecule has 1 aromatic rings. The van der Waals surface area contributed by atoms with Gasteiger partial charge in [0.2, 0.25) is 0 Å². The Labute approximate surface area is 112 Å². The molecule has 0 heterocycles. The van der Waals surface area contributed by atoms with E-state index in [-0.39, 0.29) is 0 Å². The van der Waals surface area contributed by atoms with E-state index in [4.69, 9.17) is 15.6 Å². The van der Waals surface area contributed by atoms with Gasteiger partial charge in [0, 0.05) is 0 Å². The third-order valence-corrected chi connectivity index (χ3v) is 2.46. The fraction of sp³-hybridized carbons (Fsp3) is 0.429. The Hall–Kier alpha value is -1.88. The van der Waals surface area contributed by atoms with Crippen LogP contribution in [0.5, 0.6) is 0 Å². The van der Waals surface area contributed by atoms with Gasteiger partial charge in [-0.1, -0.05) is 30.3 Å². The van der Waals surface area contributed by atoms with Crippen molar-refractivity contribution < 1.29 is 19.4 Å². The molecule has 0 saturated heterocycles. The molecule has 3 N–H and O–H groups in total. The number of carbonyl (C=O) groups is 2. The van der Waals surface area contributed by atoms with Crippen molar-refractivity contribution in [1.29, 1.82) is 0 Å². The summed E-state index contributed by atoms with van der Waals surface area (Å²) < 4.78 is 5.24. The van der Waals surface area contributed by atoms with Crippen LogP contribution < -0.4 is 5.73 Å². The Morgan fingerprint density at radius 1 is 1.21 bits per heavy atom. The van der Waals surface area contributed by atoms with E-state index in [0.717, 1.165) is 0 Å². The molecule has 0 saturated carbocycles. The summed E-state index contributed by atoms with van der Waals surface area (Å²) in [5, 5.41) is 9.03. The standard InChI is InChI=1S/C14H19NO4/c1-14(2,3)19-13(18)10(11(15)12(16)17)9-7-5-4-6-8-9/h4-8,10-11H,15H2,1-3H3,(H,16,17)/t10-,11-/m0/s1. The summed E-state index contributed by atoms with van der Waals surface area (Å²) in [5.74, 6) is -2.88. The molecule has 0 aliphatic heterocycles. The van der Waals surface area contributed by atoms with Crippen molar-refractivity contribution in [1.82, 2.24) is 0 Å². The first-order chi connectivity index (χ1) is 8.72. The number of carboxylic acids is 1. The predicted molar refractivity (Wildman–Crippen MR) is 70.6 cm³/mol. The van der Waals surface area contributed by atoms with E-state index >= 15 is 0 Å². The number of carbonyl (C=O) groups excluding carboxylic acids is 1. The third kappa shape index (κ3) is 4.37. The van der Waals surface area contributed by atoms with Crippen LogP contribution in [0, 0.1) is 0 Å². The van der Waals surface area contributed by atoms with Crippen LogP contribution in [0.1, 0.15) is 32.3 Å². The third-order valence-electron chi connectivity index (χ3n) is 2.46. The minimum atomic E-state index is -1.34. The number of esters is 1. The molecule has 0 aliphatic carbocycles. The smallest absolute Gasteiger partial charge is 0.321 e. The maximum absolute atomic E-state index is 12.1. The van der Waals surface area contributed by atoms with Gasteiger partial charge in [0.1, 0.15) is 17.6 Å². The van der Waals surface area contributed by atoms with Crippen molar-refractivity contribution in [2.45, 2.75) is 38.3 Å². The molecule has 0 bridgehead atoms. The molecule has 0 aliphatic rings. The Bertz CT molecular complexity index is 450. The number of ether oxygens (including phenoxy) is 1. The summed E-state index contributed by atoms with van der Waals surface area (Å²) in [7, 11) is 0.